The van der Waals surface area contributed by atoms with Crippen LogP contribution in [0.4, 0.5) is 5.69 Å². The van der Waals surface area contributed by atoms with Gasteiger partial charge in [0.05, 0.1) is 5.69 Å². The summed E-state index contributed by atoms with van der Waals surface area (Å²) in [4.78, 5) is 12.4. The molecular weight excluding hydrogens is 378 g/mol. The van der Waals surface area contributed by atoms with E-state index in [2.05, 4.69) is 47.2 Å². The van der Waals surface area contributed by atoms with Gasteiger partial charge >= 0.3 is 0 Å². The smallest absolute Gasteiger partial charge is 0.265 e. The molecule has 0 fully saturated rings. The van der Waals surface area contributed by atoms with Crippen LogP contribution in [0.2, 0.25) is 0 Å². The van der Waals surface area contributed by atoms with Crippen LogP contribution in [0.5, 0.6) is 5.75 Å². The maximum Gasteiger partial charge on any atom is 0.265 e. The number of anilines is 1. The Morgan fingerprint density at radius 1 is 1.16 bits per heavy atom. The number of rotatable bonds is 7. The number of benzene rings is 2. The molecule has 1 N–H and O–H groups in total. The van der Waals surface area contributed by atoms with Crippen molar-refractivity contribution >= 4 is 27.5 Å². The lowest BCUT2D eigenvalue weighted by molar-refractivity contribution is -0.122. The fraction of sp³-hybridized carbons (Fsp3) is 0.381. The van der Waals surface area contributed by atoms with Crippen LogP contribution in [0.25, 0.3) is 0 Å². The summed E-state index contributed by atoms with van der Waals surface area (Å²) < 4.78 is 6.67. The van der Waals surface area contributed by atoms with Crippen LogP contribution in [-0.2, 0) is 11.2 Å². The van der Waals surface area contributed by atoms with Crippen molar-refractivity contribution in [3.05, 3.63) is 57.6 Å². The summed E-state index contributed by atoms with van der Waals surface area (Å²) >= 11 is 3.55. The molecule has 0 aromatic heterocycles. The summed E-state index contributed by atoms with van der Waals surface area (Å²) in [6.45, 7) is 8.02. The molecule has 0 aliphatic rings. The van der Waals surface area contributed by atoms with Gasteiger partial charge in [-0.1, -0.05) is 25.5 Å². The average molecular weight is 404 g/mol. The highest BCUT2D eigenvalue weighted by Crippen LogP contribution is 2.25. The van der Waals surface area contributed by atoms with Gasteiger partial charge in [0, 0.05) is 4.47 Å². The minimum atomic E-state index is -0.575. The highest BCUT2D eigenvalue weighted by atomic mass is 79.9. The number of hydrogen-bond acceptors (Lipinski definition) is 2. The van der Waals surface area contributed by atoms with Gasteiger partial charge in [0.2, 0.25) is 0 Å². The van der Waals surface area contributed by atoms with E-state index in [0.29, 0.717) is 5.75 Å². The highest BCUT2D eigenvalue weighted by molar-refractivity contribution is 9.10. The van der Waals surface area contributed by atoms with E-state index < -0.39 is 6.10 Å². The SMILES string of the molecule is CCCCc1ccc(NC(=O)C(C)Oc2ccc(C)c(C)c2)c(Br)c1. The molecular formula is C21H26BrNO2. The zero-order chi connectivity index (χ0) is 18.4. The lowest BCUT2D eigenvalue weighted by Gasteiger charge is -2.16. The summed E-state index contributed by atoms with van der Waals surface area (Å²) in [5.41, 5.74) is 4.39. The maximum atomic E-state index is 12.4. The number of unbranched alkanes of at least 4 members (excludes halogenated alkanes) is 1. The minimum Gasteiger partial charge on any atom is -0.481 e. The van der Waals surface area contributed by atoms with Crippen LogP contribution in [0.1, 0.15) is 43.4 Å². The largest absolute Gasteiger partial charge is 0.481 e. The number of amides is 1. The average Bonchev–Trinajstić information content (AvgIpc) is 2.58. The molecule has 134 valence electrons. The Kier molecular flexibility index (Phi) is 7.06. The van der Waals surface area contributed by atoms with Gasteiger partial charge in [0.15, 0.2) is 6.10 Å². The summed E-state index contributed by atoms with van der Waals surface area (Å²) in [7, 11) is 0. The number of nitrogens with one attached hydrogen (secondary N) is 1. The number of carbonyl (C=O) groups is 1. The van der Waals surface area contributed by atoms with Crippen LogP contribution >= 0.6 is 15.9 Å². The van der Waals surface area contributed by atoms with Gasteiger partial charge in [-0.15, -0.1) is 0 Å². The molecule has 2 aromatic carbocycles. The van der Waals surface area contributed by atoms with E-state index >= 15 is 0 Å². The predicted octanol–water partition coefficient (Wildman–Crippen LogP) is 5.81. The van der Waals surface area contributed by atoms with E-state index in [1.54, 1.807) is 6.92 Å². The first kappa shape index (κ1) is 19.5. The fourth-order valence-electron chi connectivity index (χ4n) is 2.48. The first-order chi connectivity index (χ1) is 11.9. The zero-order valence-electron chi connectivity index (χ0n) is 15.4. The standard InChI is InChI=1S/C21H26BrNO2/c1-5-6-7-17-9-11-20(19(22)13-17)23-21(24)16(4)25-18-10-8-14(2)15(3)12-18/h8-13,16H,5-7H2,1-4H3,(H,23,24). The molecule has 0 saturated carbocycles. The normalized spacial score (nSPS) is 11.9. The van der Waals surface area contributed by atoms with Gasteiger partial charge < -0.3 is 10.1 Å². The van der Waals surface area contributed by atoms with E-state index in [4.69, 9.17) is 4.74 Å². The van der Waals surface area contributed by atoms with Gasteiger partial charge in [-0.3, -0.25) is 4.79 Å². The highest BCUT2D eigenvalue weighted by Gasteiger charge is 2.16. The zero-order valence-corrected chi connectivity index (χ0v) is 16.9. The summed E-state index contributed by atoms with van der Waals surface area (Å²) in [6.07, 6.45) is 2.81. The van der Waals surface area contributed by atoms with E-state index in [1.165, 1.54) is 24.0 Å². The lowest BCUT2D eigenvalue weighted by Crippen LogP contribution is -2.30. The number of halogens is 1. The Bertz CT molecular complexity index is 743. The molecule has 0 bridgehead atoms. The van der Waals surface area contributed by atoms with Crippen LogP contribution in [-0.4, -0.2) is 12.0 Å². The van der Waals surface area contributed by atoms with Gasteiger partial charge in [-0.05, 0) is 90.5 Å². The predicted molar refractivity (Wildman–Crippen MR) is 107 cm³/mol. The van der Waals surface area contributed by atoms with Gasteiger partial charge in [-0.25, -0.2) is 0 Å². The minimum absolute atomic E-state index is 0.166. The second-order valence-corrected chi connectivity index (χ2v) is 7.27. The molecule has 1 unspecified atom stereocenters. The molecule has 2 rings (SSSR count). The Morgan fingerprint density at radius 3 is 2.56 bits per heavy atom. The molecule has 4 heteroatoms. The molecule has 1 amide bonds. The van der Waals surface area contributed by atoms with Gasteiger partial charge in [-0.2, -0.15) is 0 Å². The molecule has 0 aliphatic heterocycles. The number of hydrogen-bond donors (Lipinski definition) is 1. The monoisotopic (exact) mass is 403 g/mol. The van der Waals surface area contributed by atoms with E-state index in [9.17, 15) is 4.79 Å². The second kappa shape index (κ2) is 9.04. The van der Waals surface area contributed by atoms with Gasteiger partial charge in [0.25, 0.3) is 5.91 Å². The third-order valence-electron chi connectivity index (χ3n) is 4.27. The first-order valence-electron chi connectivity index (χ1n) is 8.74. The number of ether oxygens (including phenoxy) is 1. The van der Waals surface area contributed by atoms with Crippen LogP contribution in [0.3, 0.4) is 0 Å². The van der Waals surface area contributed by atoms with Crippen LogP contribution in [0.15, 0.2) is 40.9 Å². The molecule has 0 aliphatic carbocycles. The second-order valence-electron chi connectivity index (χ2n) is 6.41. The maximum absolute atomic E-state index is 12.4. The van der Waals surface area contributed by atoms with E-state index in [1.807, 2.05) is 31.2 Å². The topological polar surface area (TPSA) is 38.3 Å². The first-order valence-corrected chi connectivity index (χ1v) is 9.53. The summed E-state index contributed by atoms with van der Waals surface area (Å²) in [5.74, 6) is 0.542. The Labute approximate surface area is 158 Å². The van der Waals surface area contributed by atoms with Crippen LogP contribution in [0, 0.1) is 13.8 Å². The van der Waals surface area contributed by atoms with E-state index in [-0.39, 0.29) is 5.91 Å². The van der Waals surface area contributed by atoms with Crippen molar-refractivity contribution in [2.75, 3.05) is 5.32 Å². The Balaban J connectivity index is 1.99. The number of carbonyl (C=O) groups excluding carboxylic acids is 1. The summed E-state index contributed by atoms with van der Waals surface area (Å²) in [5, 5.41) is 2.93. The van der Waals surface area contributed by atoms with E-state index in [0.717, 1.165) is 22.1 Å². The van der Waals surface area contributed by atoms with Gasteiger partial charge in [0.1, 0.15) is 5.75 Å². The van der Waals surface area contributed by atoms with Crippen molar-refractivity contribution in [1.82, 2.24) is 0 Å². The molecule has 0 spiro atoms. The van der Waals surface area contributed by atoms with Crippen molar-refractivity contribution in [2.45, 2.75) is 53.1 Å². The fourth-order valence-corrected chi connectivity index (χ4v) is 3.00. The molecule has 2 aromatic rings. The van der Waals surface area contributed by atoms with Crippen molar-refractivity contribution in [1.29, 1.82) is 0 Å². The quantitative estimate of drug-likeness (QED) is 0.632. The molecule has 0 radical (unpaired) electrons. The molecule has 25 heavy (non-hydrogen) atoms. The van der Waals surface area contributed by atoms with Crippen molar-refractivity contribution in [2.24, 2.45) is 0 Å². The number of aryl methyl sites for hydroxylation is 3. The molecule has 0 heterocycles. The third kappa shape index (κ3) is 5.60. The molecule has 3 nitrogen and oxygen atoms in total. The third-order valence-corrected chi connectivity index (χ3v) is 4.93. The molecule has 1 atom stereocenters. The lowest BCUT2D eigenvalue weighted by atomic mass is 10.1. The Morgan fingerprint density at radius 2 is 1.92 bits per heavy atom. The molecule has 0 saturated heterocycles. The Hall–Kier alpha value is -1.81. The summed E-state index contributed by atoms with van der Waals surface area (Å²) in [6, 6.07) is 11.9. The van der Waals surface area contributed by atoms with Crippen molar-refractivity contribution < 1.29 is 9.53 Å². The van der Waals surface area contributed by atoms with Crippen LogP contribution < -0.4 is 10.1 Å². The van der Waals surface area contributed by atoms with Crippen molar-refractivity contribution in [3.63, 3.8) is 0 Å². The van der Waals surface area contributed by atoms with Crippen molar-refractivity contribution in [3.8, 4) is 5.75 Å².